The molecule has 3 heterocycles. The fourth-order valence-corrected chi connectivity index (χ4v) is 3.84. The Balaban J connectivity index is 1.91. The van der Waals surface area contributed by atoms with Crippen molar-refractivity contribution in [3.8, 4) is 0 Å². The molecular formula is C13H9ClN4S. The Morgan fingerprint density at radius 3 is 3.11 bits per heavy atom. The molecule has 0 N–H and O–H groups in total. The van der Waals surface area contributed by atoms with Crippen LogP contribution in [0.3, 0.4) is 0 Å². The minimum Gasteiger partial charge on any atom is -0.282 e. The smallest absolute Gasteiger partial charge is 0.198 e. The first kappa shape index (κ1) is 11.3. The van der Waals surface area contributed by atoms with Gasteiger partial charge in [0, 0.05) is 23.0 Å². The van der Waals surface area contributed by atoms with Gasteiger partial charge in [0.1, 0.15) is 5.82 Å². The van der Waals surface area contributed by atoms with Crippen molar-refractivity contribution in [3.05, 3.63) is 53.2 Å². The lowest BCUT2D eigenvalue weighted by Crippen LogP contribution is -2.05. The molecule has 0 saturated heterocycles. The molecule has 1 aromatic carbocycles. The van der Waals surface area contributed by atoms with E-state index in [1.807, 2.05) is 22.4 Å². The van der Waals surface area contributed by atoms with Crippen LogP contribution in [-0.4, -0.2) is 25.3 Å². The molecule has 3 aromatic rings. The van der Waals surface area contributed by atoms with Gasteiger partial charge in [-0.2, -0.15) is 0 Å². The molecular weight excluding hydrogens is 280 g/mol. The van der Waals surface area contributed by atoms with Crippen molar-refractivity contribution in [3.63, 3.8) is 0 Å². The van der Waals surface area contributed by atoms with Crippen LogP contribution in [0.4, 0.5) is 0 Å². The zero-order valence-electron chi connectivity index (χ0n) is 9.82. The second-order valence-electron chi connectivity index (χ2n) is 4.37. The molecule has 1 atom stereocenters. The topological polar surface area (TPSA) is 43.1 Å². The molecule has 1 aliphatic heterocycles. The standard InChI is InChI=1S/C13H9ClN4S/c14-11-13-17-16-12(18(13)6-5-15-11)9-7-19-10-4-2-1-3-8(9)10/h1-6,9H,7H2. The second-order valence-corrected chi connectivity index (χ2v) is 5.79. The zero-order valence-corrected chi connectivity index (χ0v) is 11.4. The minimum absolute atomic E-state index is 0.259. The van der Waals surface area contributed by atoms with Gasteiger partial charge < -0.3 is 0 Å². The number of aromatic nitrogens is 4. The van der Waals surface area contributed by atoms with E-state index in [0.29, 0.717) is 10.8 Å². The Morgan fingerprint density at radius 1 is 1.26 bits per heavy atom. The van der Waals surface area contributed by atoms with Gasteiger partial charge >= 0.3 is 0 Å². The maximum atomic E-state index is 6.04. The summed E-state index contributed by atoms with van der Waals surface area (Å²) in [6.45, 7) is 0. The summed E-state index contributed by atoms with van der Waals surface area (Å²) in [5.41, 5.74) is 1.93. The molecule has 0 amide bonds. The van der Waals surface area contributed by atoms with Gasteiger partial charge in [-0.05, 0) is 11.6 Å². The maximum Gasteiger partial charge on any atom is 0.198 e. The molecule has 2 aromatic heterocycles. The lowest BCUT2D eigenvalue weighted by atomic mass is 10.0. The summed E-state index contributed by atoms with van der Waals surface area (Å²) < 4.78 is 1.93. The summed E-state index contributed by atoms with van der Waals surface area (Å²) in [5, 5.41) is 8.85. The summed E-state index contributed by atoms with van der Waals surface area (Å²) in [6.07, 6.45) is 3.54. The van der Waals surface area contributed by atoms with E-state index in [1.54, 1.807) is 6.20 Å². The van der Waals surface area contributed by atoms with Crippen LogP contribution in [0.1, 0.15) is 17.3 Å². The molecule has 1 aliphatic rings. The van der Waals surface area contributed by atoms with Gasteiger partial charge in [-0.3, -0.25) is 4.40 Å². The van der Waals surface area contributed by atoms with Crippen LogP contribution in [0.5, 0.6) is 0 Å². The molecule has 6 heteroatoms. The monoisotopic (exact) mass is 288 g/mol. The predicted octanol–water partition coefficient (Wildman–Crippen LogP) is 3.02. The van der Waals surface area contributed by atoms with E-state index in [-0.39, 0.29) is 5.92 Å². The number of rotatable bonds is 1. The summed E-state index contributed by atoms with van der Waals surface area (Å²) in [7, 11) is 0. The normalized spacial score (nSPS) is 17.8. The summed E-state index contributed by atoms with van der Waals surface area (Å²) in [5.74, 6) is 2.17. The van der Waals surface area contributed by atoms with Crippen LogP contribution < -0.4 is 0 Å². The summed E-state index contributed by atoms with van der Waals surface area (Å²) in [6, 6.07) is 8.44. The van der Waals surface area contributed by atoms with Crippen LogP contribution in [0.15, 0.2) is 41.6 Å². The summed E-state index contributed by atoms with van der Waals surface area (Å²) >= 11 is 7.89. The van der Waals surface area contributed by atoms with E-state index in [9.17, 15) is 0 Å². The molecule has 0 fully saturated rings. The zero-order chi connectivity index (χ0) is 12.8. The van der Waals surface area contributed by atoms with Crippen LogP contribution >= 0.6 is 23.4 Å². The SMILES string of the molecule is Clc1nccn2c(C3CSc4ccccc43)nnc12. The predicted molar refractivity (Wildman–Crippen MR) is 74.8 cm³/mol. The highest BCUT2D eigenvalue weighted by Crippen LogP contribution is 2.42. The molecule has 4 rings (SSSR count). The molecule has 4 nitrogen and oxygen atoms in total. The molecule has 0 aliphatic carbocycles. The average molecular weight is 289 g/mol. The Bertz CT molecular complexity index is 770. The maximum absolute atomic E-state index is 6.04. The Morgan fingerprint density at radius 2 is 2.16 bits per heavy atom. The van der Waals surface area contributed by atoms with Crippen molar-refractivity contribution in [1.82, 2.24) is 19.6 Å². The van der Waals surface area contributed by atoms with Crippen molar-refractivity contribution in [2.24, 2.45) is 0 Å². The van der Waals surface area contributed by atoms with Gasteiger partial charge in [0.05, 0.1) is 5.92 Å². The first-order valence-corrected chi connectivity index (χ1v) is 7.28. The van der Waals surface area contributed by atoms with Crippen LogP contribution in [-0.2, 0) is 0 Å². The highest BCUT2D eigenvalue weighted by molar-refractivity contribution is 7.99. The van der Waals surface area contributed by atoms with E-state index in [2.05, 4.69) is 39.4 Å². The van der Waals surface area contributed by atoms with Crippen LogP contribution in [0, 0.1) is 0 Å². The van der Waals surface area contributed by atoms with Crippen molar-refractivity contribution < 1.29 is 0 Å². The molecule has 0 spiro atoms. The number of benzene rings is 1. The highest BCUT2D eigenvalue weighted by atomic mass is 35.5. The number of hydrogen-bond donors (Lipinski definition) is 0. The third kappa shape index (κ3) is 1.65. The molecule has 1 unspecified atom stereocenters. The van der Waals surface area contributed by atoms with E-state index in [1.165, 1.54) is 10.5 Å². The minimum atomic E-state index is 0.259. The fourth-order valence-electron chi connectivity index (χ4n) is 2.43. The van der Waals surface area contributed by atoms with Crippen LogP contribution in [0.2, 0.25) is 5.15 Å². The van der Waals surface area contributed by atoms with Gasteiger partial charge in [-0.25, -0.2) is 4.98 Å². The second kappa shape index (κ2) is 4.21. The Kier molecular flexibility index (Phi) is 2.50. The van der Waals surface area contributed by atoms with Gasteiger partial charge in [0.15, 0.2) is 10.8 Å². The number of fused-ring (bicyclic) bond motifs is 2. The van der Waals surface area contributed by atoms with E-state index < -0.39 is 0 Å². The van der Waals surface area contributed by atoms with Crippen molar-refractivity contribution in [2.45, 2.75) is 10.8 Å². The number of thioether (sulfide) groups is 1. The third-order valence-electron chi connectivity index (χ3n) is 3.32. The fraction of sp³-hybridized carbons (Fsp3) is 0.154. The molecule has 0 saturated carbocycles. The van der Waals surface area contributed by atoms with Gasteiger partial charge in [-0.1, -0.05) is 29.8 Å². The number of halogens is 1. The molecule has 94 valence electrons. The molecule has 0 radical (unpaired) electrons. The van der Waals surface area contributed by atoms with E-state index in [4.69, 9.17) is 11.6 Å². The van der Waals surface area contributed by atoms with Crippen molar-refractivity contribution in [2.75, 3.05) is 5.75 Å². The Hall–Kier alpha value is -1.59. The number of nitrogens with zero attached hydrogens (tertiary/aromatic N) is 4. The van der Waals surface area contributed by atoms with Crippen LogP contribution in [0.25, 0.3) is 5.65 Å². The lowest BCUT2D eigenvalue weighted by Gasteiger charge is -2.08. The first-order chi connectivity index (χ1) is 9.34. The largest absolute Gasteiger partial charge is 0.282 e. The molecule has 0 bridgehead atoms. The van der Waals surface area contributed by atoms with Crippen molar-refractivity contribution >= 4 is 29.0 Å². The third-order valence-corrected chi connectivity index (χ3v) is 4.77. The summed E-state index contributed by atoms with van der Waals surface area (Å²) in [4.78, 5) is 5.35. The number of hydrogen-bond acceptors (Lipinski definition) is 4. The first-order valence-electron chi connectivity index (χ1n) is 5.91. The van der Waals surface area contributed by atoms with E-state index in [0.717, 1.165) is 11.6 Å². The Labute approximate surface area is 118 Å². The quantitative estimate of drug-likeness (QED) is 0.690. The van der Waals surface area contributed by atoms with E-state index >= 15 is 0 Å². The highest BCUT2D eigenvalue weighted by Gasteiger charge is 2.28. The van der Waals surface area contributed by atoms with Gasteiger partial charge in [0.2, 0.25) is 0 Å². The van der Waals surface area contributed by atoms with Crippen molar-refractivity contribution in [1.29, 1.82) is 0 Å². The molecule has 19 heavy (non-hydrogen) atoms. The van der Waals surface area contributed by atoms with Gasteiger partial charge in [0.25, 0.3) is 0 Å². The average Bonchev–Trinajstić information content (AvgIpc) is 3.02. The lowest BCUT2D eigenvalue weighted by molar-refractivity contribution is 0.807. The van der Waals surface area contributed by atoms with Gasteiger partial charge in [-0.15, -0.1) is 22.0 Å².